The summed E-state index contributed by atoms with van der Waals surface area (Å²) in [6.07, 6.45) is 1.47. The van der Waals surface area contributed by atoms with E-state index in [0.717, 1.165) is 19.5 Å². The zero-order chi connectivity index (χ0) is 17.3. The van der Waals surface area contributed by atoms with E-state index in [1.807, 2.05) is 31.2 Å². The summed E-state index contributed by atoms with van der Waals surface area (Å²) in [6.45, 7) is 10.4. The number of anilines is 1. The van der Waals surface area contributed by atoms with Crippen LogP contribution < -0.4 is 20.7 Å². The Kier molecular flexibility index (Phi) is 8.06. The SMILES string of the molecule is COc1ccccc1NC(=O)CC(C)NCCCNC(C)(C)C. The van der Waals surface area contributed by atoms with E-state index in [4.69, 9.17) is 4.74 Å². The molecule has 0 aliphatic heterocycles. The molecule has 1 amide bonds. The van der Waals surface area contributed by atoms with Crippen LogP contribution in [0.25, 0.3) is 0 Å². The number of nitrogens with one attached hydrogen (secondary N) is 3. The molecule has 5 heteroatoms. The van der Waals surface area contributed by atoms with Gasteiger partial charge >= 0.3 is 0 Å². The summed E-state index contributed by atoms with van der Waals surface area (Å²) >= 11 is 0. The summed E-state index contributed by atoms with van der Waals surface area (Å²) in [5.41, 5.74) is 0.863. The van der Waals surface area contributed by atoms with Crippen molar-refractivity contribution in [3.63, 3.8) is 0 Å². The second-order valence-corrected chi connectivity index (χ2v) is 6.84. The maximum absolute atomic E-state index is 12.1. The van der Waals surface area contributed by atoms with Gasteiger partial charge in [0.1, 0.15) is 5.75 Å². The van der Waals surface area contributed by atoms with Crippen LogP contribution in [-0.4, -0.2) is 37.7 Å². The molecule has 0 bridgehead atoms. The number of hydrogen-bond donors (Lipinski definition) is 3. The van der Waals surface area contributed by atoms with Gasteiger partial charge in [-0.3, -0.25) is 4.79 Å². The second kappa shape index (κ2) is 9.53. The van der Waals surface area contributed by atoms with Crippen LogP contribution in [0, 0.1) is 0 Å². The van der Waals surface area contributed by atoms with E-state index in [1.54, 1.807) is 7.11 Å². The van der Waals surface area contributed by atoms with E-state index >= 15 is 0 Å². The molecule has 1 rings (SSSR count). The molecular formula is C18H31N3O2. The Bertz CT molecular complexity index is 483. The fourth-order valence-electron chi connectivity index (χ4n) is 2.20. The lowest BCUT2D eigenvalue weighted by atomic mass is 10.1. The lowest BCUT2D eigenvalue weighted by Crippen LogP contribution is -2.38. The third-order valence-corrected chi connectivity index (χ3v) is 3.37. The minimum atomic E-state index is -0.0117. The number of amides is 1. The van der Waals surface area contributed by atoms with Crippen LogP contribution in [0.1, 0.15) is 40.5 Å². The molecule has 0 heterocycles. The minimum absolute atomic E-state index is 0.0117. The first-order valence-electron chi connectivity index (χ1n) is 8.23. The van der Waals surface area contributed by atoms with Crippen molar-refractivity contribution in [2.75, 3.05) is 25.5 Å². The first-order chi connectivity index (χ1) is 10.8. The highest BCUT2D eigenvalue weighted by Gasteiger charge is 2.11. The molecule has 0 aliphatic rings. The van der Waals surface area contributed by atoms with E-state index in [1.165, 1.54) is 0 Å². The monoisotopic (exact) mass is 321 g/mol. The number of benzene rings is 1. The van der Waals surface area contributed by atoms with Crippen LogP contribution in [0.2, 0.25) is 0 Å². The van der Waals surface area contributed by atoms with Gasteiger partial charge in [-0.25, -0.2) is 0 Å². The van der Waals surface area contributed by atoms with Crippen molar-refractivity contribution >= 4 is 11.6 Å². The lowest BCUT2D eigenvalue weighted by molar-refractivity contribution is -0.116. The molecule has 1 aromatic rings. The van der Waals surface area contributed by atoms with Crippen molar-refractivity contribution in [3.8, 4) is 5.75 Å². The van der Waals surface area contributed by atoms with Crippen LogP contribution in [0.3, 0.4) is 0 Å². The smallest absolute Gasteiger partial charge is 0.226 e. The number of carbonyl (C=O) groups is 1. The van der Waals surface area contributed by atoms with Crippen LogP contribution in [0.15, 0.2) is 24.3 Å². The highest BCUT2D eigenvalue weighted by Crippen LogP contribution is 2.23. The van der Waals surface area contributed by atoms with E-state index in [2.05, 4.69) is 36.7 Å². The Balaban J connectivity index is 2.26. The minimum Gasteiger partial charge on any atom is -0.495 e. The summed E-state index contributed by atoms with van der Waals surface area (Å²) < 4.78 is 5.23. The molecule has 0 aromatic heterocycles. The van der Waals surface area contributed by atoms with Gasteiger partial charge in [0.05, 0.1) is 12.8 Å². The first-order valence-corrected chi connectivity index (χ1v) is 8.23. The van der Waals surface area contributed by atoms with E-state index < -0.39 is 0 Å². The van der Waals surface area contributed by atoms with E-state index in [-0.39, 0.29) is 17.5 Å². The predicted octanol–water partition coefficient (Wildman–Crippen LogP) is 2.78. The van der Waals surface area contributed by atoms with Crippen molar-refractivity contribution in [3.05, 3.63) is 24.3 Å². The molecule has 23 heavy (non-hydrogen) atoms. The topological polar surface area (TPSA) is 62.4 Å². The van der Waals surface area contributed by atoms with Crippen molar-refractivity contribution in [1.82, 2.24) is 10.6 Å². The van der Waals surface area contributed by atoms with Gasteiger partial charge in [-0.05, 0) is 59.3 Å². The number of carbonyl (C=O) groups excluding carboxylic acids is 1. The van der Waals surface area contributed by atoms with E-state index in [9.17, 15) is 4.79 Å². The molecular weight excluding hydrogens is 290 g/mol. The Labute approximate surface area is 140 Å². The van der Waals surface area contributed by atoms with E-state index in [0.29, 0.717) is 17.9 Å². The van der Waals surface area contributed by atoms with Crippen LogP contribution >= 0.6 is 0 Å². The molecule has 130 valence electrons. The van der Waals surface area contributed by atoms with Gasteiger partial charge in [-0.15, -0.1) is 0 Å². The quantitative estimate of drug-likeness (QED) is 0.612. The van der Waals surface area contributed by atoms with Gasteiger partial charge in [-0.1, -0.05) is 12.1 Å². The molecule has 0 spiro atoms. The standard InChI is InChI=1S/C18H31N3O2/c1-14(19-11-8-12-20-18(2,3)4)13-17(22)21-15-9-6-7-10-16(15)23-5/h6-7,9-10,14,19-20H,8,11-13H2,1-5H3,(H,21,22). The average molecular weight is 321 g/mol. The normalized spacial score (nSPS) is 12.7. The van der Waals surface area contributed by atoms with Crippen molar-refractivity contribution < 1.29 is 9.53 Å². The maximum atomic E-state index is 12.1. The lowest BCUT2D eigenvalue weighted by Gasteiger charge is -2.21. The molecule has 1 aromatic carbocycles. The zero-order valence-corrected chi connectivity index (χ0v) is 15.0. The average Bonchev–Trinajstić information content (AvgIpc) is 2.46. The molecule has 1 atom stereocenters. The van der Waals surface area contributed by atoms with Crippen molar-refractivity contribution in [1.29, 1.82) is 0 Å². The van der Waals surface area contributed by atoms with Crippen LogP contribution in [0.5, 0.6) is 5.75 Å². The number of para-hydroxylation sites is 2. The summed E-state index contributed by atoms with van der Waals surface area (Å²) in [4.78, 5) is 12.1. The van der Waals surface area contributed by atoms with Gasteiger partial charge in [-0.2, -0.15) is 0 Å². The highest BCUT2D eigenvalue weighted by molar-refractivity contribution is 5.92. The number of rotatable bonds is 9. The summed E-state index contributed by atoms with van der Waals surface area (Å²) in [5, 5.41) is 9.73. The predicted molar refractivity (Wildman–Crippen MR) is 96.1 cm³/mol. The Morgan fingerprint density at radius 3 is 2.57 bits per heavy atom. The molecule has 0 saturated heterocycles. The second-order valence-electron chi connectivity index (χ2n) is 6.84. The molecule has 1 unspecified atom stereocenters. The number of methoxy groups -OCH3 is 1. The summed E-state index contributed by atoms with van der Waals surface area (Å²) in [5.74, 6) is 0.664. The number of hydrogen-bond acceptors (Lipinski definition) is 4. The third kappa shape index (κ3) is 8.57. The Hall–Kier alpha value is -1.59. The molecule has 0 fully saturated rings. The Morgan fingerprint density at radius 1 is 1.22 bits per heavy atom. The van der Waals surface area contributed by atoms with Gasteiger partial charge in [0.15, 0.2) is 0 Å². The van der Waals surface area contributed by atoms with Crippen molar-refractivity contribution in [2.24, 2.45) is 0 Å². The summed E-state index contributed by atoms with van der Waals surface area (Å²) in [7, 11) is 1.60. The van der Waals surface area contributed by atoms with Gasteiger partial charge in [0, 0.05) is 18.0 Å². The highest BCUT2D eigenvalue weighted by atomic mass is 16.5. The first kappa shape index (κ1) is 19.5. The number of ether oxygens (including phenoxy) is 1. The summed E-state index contributed by atoms with van der Waals surface area (Å²) in [6, 6.07) is 7.57. The van der Waals surface area contributed by atoms with Crippen molar-refractivity contribution in [2.45, 2.75) is 52.1 Å². The molecule has 3 N–H and O–H groups in total. The van der Waals surface area contributed by atoms with Crippen LogP contribution in [-0.2, 0) is 4.79 Å². The molecule has 0 radical (unpaired) electrons. The zero-order valence-electron chi connectivity index (χ0n) is 15.0. The molecule has 0 aliphatic carbocycles. The van der Waals surface area contributed by atoms with Crippen LogP contribution in [0.4, 0.5) is 5.69 Å². The van der Waals surface area contributed by atoms with Gasteiger partial charge in [0.25, 0.3) is 0 Å². The molecule has 0 saturated carbocycles. The largest absolute Gasteiger partial charge is 0.495 e. The van der Waals surface area contributed by atoms with Gasteiger partial charge < -0.3 is 20.7 Å². The Morgan fingerprint density at radius 2 is 1.91 bits per heavy atom. The fourth-order valence-corrected chi connectivity index (χ4v) is 2.20. The maximum Gasteiger partial charge on any atom is 0.226 e. The fraction of sp³-hybridized carbons (Fsp3) is 0.611. The third-order valence-electron chi connectivity index (χ3n) is 3.37. The molecule has 5 nitrogen and oxygen atoms in total. The van der Waals surface area contributed by atoms with Gasteiger partial charge in [0.2, 0.25) is 5.91 Å².